The van der Waals surface area contributed by atoms with Gasteiger partial charge in [-0.15, -0.1) is 11.3 Å². The fourth-order valence-corrected chi connectivity index (χ4v) is 2.54. The van der Waals surface area contributed by atoms with Crippen LogP contribution in [0, 0.1) is 0 Å². The number of nitrogens with two attached hydrogens (primary N) is 1. The standard InChI is InChI=1S/C11H17N3O2S/c1-7-4-8(2-3-16-7)13-10(15)5-9-6-17-11(12)14-9/h6-8H,2-5H2,1H3,(H2,12,14)(H,13,15). The van der Waals surface area contributed by atoms with E-state index in [9.17, 15) is 4.79 Å². The topological polar surface area (TPSA) is 77.2 Å². The Labute approximate surface area is 104 Å². The van der Waals surface area contributed by atoms with Crippen molar-refractivity contribution in [2.24, 2.45) is 0 Å². The number of rotatable bonds is 3. The highest BCUT2D eigenvalue weighted by Gasteiger charge is 2.21. The molecule has 1 saturated heterocycles. The number of anilines is 1. The Morgan fingerprint density at radius 3 is 3.24 bits per heavy atom. The van der Waals surface area contributed by atoms with Crippen LogP contribution in [-0.2, 0) is 16.0 Å². The van der Waals surface area contributed by atoms with Crippen LogP contribution in [0.3, 0.4) is 0 Å². The molecule has 0 aromatic carbocycles. The molecular weight excluding hydrogens is 238 g/mol. The Hall–Kier alpha value is -1.14. The monoisotopic (exact) mass is 255 g/mol. The minimum Gasteiger partial charge on any atom is -0.378 e. The van der Waals surface area contributed by atoms with Gasteiger partial charge in [0.25, 0.3) is 0 Å². The number of thiazole rings is 1. The summed E-state index contributed by atoms with van der Waals surface area (Å²) >= 11 is 1.36. The number of amides is 1. The number of ether oxygens (including phenoxy) is 1. The minimum atomic E-state index is 0.00870. The van der Waals surface area contributed by atoms with Gasteiger partial charge in [-0.25, -0.2) is 4.98 Å². The normalized spacial score (nSPS) is 24.5. The van der Waals surface area contributed by atoms with Crippen LogP contribution in [-0.4, -0.2) is 29.6 Å². The molecule has 5 nitrogen and oxygen atoms in total. The first-order valence-corrected chi connectivity index (χ1v) is 6.62. The fraction of sp³-hybridized carbons (Fsp3) is 0.636. The molecule has 2 unspecified atom stereocenters. The molecule has 1 fully saturated rings. The van der Waals surface area contributed by atoms with Crippen LogP contribution in [0.5, 0.6) is 0 Å². The summed E-state index contributed by atoms with van der Waals surface area (Å²) in [5.74, 6) is 0.00870. The van der Waals surface area contributed by atoms with Gasteiger partial charge in [0.1, 0.15) is 0 Å². The van der Waals surface area contributed by atoms with Crippen molar-refractivity contribution >= 4 is 22.4 Å². The van der Waals surface area contributed by atoms with Gasteiger partial charge in [0.15, 0.2) is 5.13 Å². The maximum atomic E-state index is 11.8. The van der Waals surface area contributed by atoms with Gasteiger partial charge in [-0.3, -0.25) is 4.79 Å². The van der Waals surface area contributed by atoms with Crippen molar-refractivity contribution in [2.75, 3.05) is 12.3 Å². The van der Waals surface area contributed by atoms with E-state index in [1.54, 1.807) is 0 Å². The molecule has 0 aliphatic carbocycles. The number of hydrogen-bond acceptors (Lipinski definition) is 5. The van der Waals surface area contributed by atoms with Gasteiger partial charge < -0.3 is 15.8 Å². The van der Waals surface area contributed by atoms with Crippen LogP contribution in [0.4, 0.5) is 5.13 Å². The molecule has 2 atom stereocenters. The average Bonchev–Trinajstić information content (AvgIpc) is 2.63. The molecule has 6 heteroatoms. The first-order chi connectivity index (χ1) is 8.13. The quantitative estimate of drug-likeness (QED) is 0.843. The number of nitrogens with zero attached hydrogens (tertiary/aromatic N) is 1. The van der Waals surface area contributed by atoms with E-state index in [1.807, 2.05) is 12.3 Å². The third-order valence-electron chi connectivity index (χ3n) is 2.76. The molecule has 2 rings (SSSR count). The van der Waals surface area contributed by atoms with Crippen LogP contribution >= 0.6 is 11.3 Å². The van der Waals surface area contributed by atoms with Crippen molar-refractivity contribution in [3.05, 3.63) is 11.1 Å². The minimum absolute atomic E-state index is 0.00870. The highest BCUT2D eigenvalue weighted by atomic mass is 32.1. The summed E-state index contributed by atoms with van der Waals surface area (Å²) in [7, 11) is 0. The number of nitrogen functional groups attached to an aromatic ring is 1. The lowest BCUT2D eigenvalue weighted by Crippen LogP contribution is -2.41. The van der Waals surface area contributed by atoms with E-state index < -0.39 is 0 Å². The third kappa shape index (κ3) is 3.67. The van der Waals surface area contributed by atoms with E-state index in [0.29, 0.717) is 11.6 Å². The first kappa shape index (κ1) is 12.3. The summed E-state index contributed by atoms with van der Waals surface area (Å²) in [5, 5.41) is 5.34. The van der Waals surface area contributed by atoms with Crippen molar-refractivity contribution in [3.63, 3.8) is 0 Å². The molecule has 94 valence electrons. The van der Waals surface area contributed by atoms with Crippen LogP contribution in [0.1, 0.15) is 25.5 Å². The number of hydrogen-bond donors (Lipinski definition) is 2. The number of carbonyl (C=O) groups excluding carboxylic acids is 1. The van der Waals surface area contributed by atoms with Crippen molar-refractivity contribution in [1.82, 2.24) is 10.3 Å². The summed E-state index contributed by atoms with van der Waals surface area (Å²) in [4.78, 5) is 15.8. The van der Waals surface area contributed by atoms with Crippen LogP contribution in [0.25, 0.3) is 0 Å². The Bertz CT molecular complexity index is 394. The second-order valence-corrected chi connectivity index (χ2v) is 5.21. The van der Waals surface area contributed by atoms with Crippen LogP contribution < -0.4 is 11.1 Å². The smallest absolute Gasteiger partial charge is 0.226 e. The van der Waals surface area contributed by atoms with Gasteiger partial charge in [0.05, 0.1) is 18.2 Å². The van der Waals surface area contributed by atoms with E-state index >= 15 is 0 Å². The maximum absolute atomic E-state index is 11.8. The van der Waals surface area contributed by atoms with E-state index in [4.69, 9.17) is 10.5 Å². The fourth-order valence-electron chi connectivity index (χ4n) is 1.98. The molecule has 0 saturated carbocycles. The van der Waals surface area contributed by atoms with Crippen molar-refractivity contribution in [1.29, 1.82) is 0 Å². The Morgan fingerprint density at radius 2 is 2.59 bits per heavy atom. The molecule has 1 aliphatic heterocycles. The van der Waals surface area contributed by atoms with Crippen LogP contribution in [0.2, 0.25) is 0 Å². The van der Waals surface area contributed by atoms with E-state index in [-0.39, 0.29) is 18.1 Å². The van der Waals surface area contributed by atoms with Gasteiger partial charge in [-0.05, 0) is 19.8 Å². The lowest BCUT2D eigenvalue weighted by atomic mass is 10.0. The van der Waals surface area contributed by atoms with Crippen molar-refractivity contribution in [3.8, 4) is 0 Å². The second-order valence-electron chi connectivity index (χ2n) is 4.32. The SMILES string of the molecule is CC1CC(NC(=O)Cc2csc(N)n2)CCO1. The Kier molecular flexibility index (Phi) is 3.96. The molecule has 0 spiro atoms. The zero-order valence-corrected chi connectivity index (χ0v) is 10.6. The third-order valence-corrected chi connectivity index (χ3v) is 3.48. The predicted octanol–water partition coefficient (Wildman–Crippen LogP) is 0.952. The van der Waals surface area contributed by atoms with Gasteiger partial charge in [0, 0.05) is 18.0 Å². The lowest BCUT2D eigenvalue weighted by Gasteiger charge is -2.27. The first-order valence-electron chi connectivity index (χ1n) is 5.74. The van der Waals surface area contributed by atoms with E-state index in [0.717, 1.165) is 25.1 Å². The zero-order valence-electron chi connectivity index (χ0n) is 9.81. The molecule has 2 heterocycles. The summed E-state index contributed by atoms with van der Waals surface area (Å²) in [6, 6.07) is 0.224. The Morgan fingerprint density at radius 1 is 1.76 bits per heavy atom. The number of nitrogens with one attached hydrogen (secondary N) is 1. The van der Waals surface area contributed by atoms with Crippen molar-refractivity contribution in [2.45, 2.75) is 38.3 Å². The molecule has 0 bridgehead atoms. The second kappa shape index (κ2) is 5.46. The summed E-state index contributed by atoms with van der Waals surface area (Å²) in [5.41, 5.74) is 6.26. The average molecular weight is 255 g/mol. The molecule has 1 aliphatic rings. The van der Waals surface area contributed by atoms with Gasteiger partial charge >= 0.3 is 0 Å². The number of carbonyl (C=O) groups is 1. The summed E-state index contributed by atoms with van der Waals surface area (Å²) in [6.07, 6.45) is 2.30. The van der Waals surface area contributed by atoms with E-state index in [1.165, 1.54) is 11.3 Å². The lowest BCUT2D eigenvalue weighted by molar-refractivity contribution is -0.122. The van der Waals surface area contributed by atoms with Crippen LogP contribution in [0.15, 0.2) is 5.38 Å². The van der Waals surface area contributed by atoms with Crippen molar-refractivity contribution < 1.29 is 9.53 Å². The molecule has 17 heavy (non-hydrogen) atoms. The van der Waals surface area contributed by atoms with Gasteiger partial charge in [0.2, 0.25) is 5.91 Å². The highest BCUT2D eigenvalue weighted by Crippen LogP contribution is 2.14. The molecule has 3 N–H and O–H groups in total. The molecule has 1 aromatic rings. The molecular formula is C11H17N3O2S. The molecule has 0 radical (unpaired) electrons. The zero-order chi connectivity index (χ0) is 12.3. The van der Waals surface area contributed by atoms with Gasteiger partial charge in [-0.2, -0.15) is 0 Å². The maximum Gasteiger partial charge on any atom is 0.226 e. The summed E-state index contributed by atoms with van der Waals surface area (Å²) < 4.78 is 5.43. The highest BCUT2D eigenvalue weighted by molar-refractivity contribution is 7.13. The van der Waals surface area contributed by atoms with E-state index in [2.05, 4.69) is 10.3 Å². The molecule has 1 aromatic heterocycles. The largest absolute Gasteiger partial charge is 0.378 e. The van der Waals surface area contributed by atoms with Gasteiger partial charge in [-0.1, -0.05) is 0 Å². The molecule has 1 amide bonds. The number of aromatic nitrogens is 1. The Balaban J connectivity index is 1.80. The predicted molar refractivity (Wildman–Crippen MR) is 66.8 cm³/mol. The summed E-state index contributed by atoms with van der Waals surface area (Å²) in [6.45, 7) is 2.75.